The molecule has 0 radical (unpaired) electrons. The summed E-state index contributed by atoms with van der Waals surface area (Å²) in [4.78, 5) is 1.35. The molecule has 0 aliphatic rings. The van der Waals surface area contributed by atoms with E-state index in [9.17, 15) is 0 Å². The molecule has 0 atom stereocenters. The Morgan fingerprint density at radius 2 is 1.93 bits per heavy atom. The van der Waals surface area contributed by atoms with Gasteiger partial charge in [0.15, 0.2) is 0 Å². The minimum atomic E-state index is 0.260. The molecular weight excluding hydrogens is 235 g/mol. The van der Waals surface area contributed by atoms with Crippen molar-refractivity contribution >= 4 is 34.5 Å². The zero-order valence-electron chi connectivity index (χ0n) is 8.65. The summed E-state index contributed by atoms with van der Waals surface area (Å²) in [5.74, 6) is 0.732. The van der Waals surface area contributed by atoms with Crippen molar-refractivity contribution in [2.45, 2.75) is 33.1 Å². The van der Waals surface area contributed by atoms with Crippen molar-refractivity contribution in [3.63, 3.8) is 0 Å². The number of hydrogen-bond acceptors (Lipinski definition) is 1. The first-order chi connectivity index (χ1) is 6.65. The van der Waals surface area contributed by atoms with Crippen LogP contribution in [0, 0.1) is 5.41 Å². The Labute approximate surface area is 100 Å². The predicted molar refractivity (Wildman–Crippen MR) is 66.8 cm³/mol. The fourth-order valence-electron chi connectivity index (χ4n) is 1.55. The normalized spacial score (nSPS) is 12.0. The molecule has 0 unspecified atom stereocenters. The summed E-state index contributed by atoms with van der Waals surface area (Å²) >= 11 is 13.6. The fourth-order valence-corrected chi connectivity index (χ4v) is 3.29. The lowest BCUT2D eigenvalue weighted by atomic mass is 9.81. The lowest BCUT2D eigenvalue weighted by Gasteiger charge is -2.28. The van der Waals surface area contributed by atoms with Gasteiger partial charge in [-0.25, -0.2) is 0 Å². The molecule has 0 saturated heterocycles. The Hall–Kier alpha value is 0.280. The van der Waals surface area contributed by atoms with E-state index in [4.69, 9.17) is 23.2 Å². The zero-order valence-corrected chi connectivity index (χ0v) is 11.0. The third kappa shape index (κ3) is 2.88. The van der Waals surface area contributed by atoms with Gasteiger partial charge in [-0.2, -0.15) is 0 Å². The van der Waals surface area contributed by atoms with Crippen molar-refractivity contribution in [1.82, 2.24) is 0 Å². The van der Waals surface area contributed by atoms with Crippen molar-refractivity contribution in [3.05, 3.63) is 21.3 Å². The summed E-state index contributed by atoms with van der Waals surface area (Å²) in [6.45, 7) is 4.42. The standard InChI is InChI=1S/C11H16Cl2S/c1-3-11(4-2,8-12)7-9-5-6-10(13)14-9/h5-6H,3-4,7-8H2,1-2H3. The molecule has 0 aliphatic carbocycles. The highest BCUT2D eigenvalue weighted by Gasteiger charge is 2.25. The molecule has 1 aromatic heterocycles. The van der Waals surface area contributed by atoms with Crippen molar-refractivity contribution in [2.24, 2.45) is 5.41 Å². The second-order valence-corrected chi connectivity index (χ2v) is 5.79. The number of hydrogen-bond donors (Lipinski definition) is 0. The quantitative estimate of drug-likeness (QED) is 0.647. The van der Waals surface area contributed by atoms with Gasteiger partial charge in [-0.05, 0) is 36.8 Å². The molecule has 1 heterocycles. The van der Waals surface area contributed by atoms with Crippen LogP contribution in [0.2, 0.25) is 4.34 Å². The molecule has 0 nitrogen and oxygen atoms in total. The Bertz CT molecular complexity index is 268. The number of halogens is 2. The first kappa shape index (κ1) is 12.4. The lowest BCUT2D eigenvalue weighted by Crippen LogP contribution is -2.23. The molecule has 14 heavy (non-hydrogen) atoms. The van der Waals surface area contributed by atoms with E-state index in [0.29, 0.717) is 0 Å². The van der Waals surface area contributed by atoms with Crippen LogP contribution in [0.1, 0.15) is 31.6 Å². The molecule has 0 aliphatic heterocycles. The van der Waals surface area contributed by atoms with E-state index in [0.717, 1.165) is 29.5 Å². The summed E-state index contributed by atoms with van der Waals surface area (Å²) in [5.41, 5.74) is 0.260. The van der Waals surface area contributed by atoms with Crippen molar-refractivity contribution in [3.8, 4) is 0 Å². The maximum Gasteiger partial charge on any atom is 0.0931 e. The summed E-state index contributed by atoms with van der Waals surface area (Å²) in [6, 6.07) is 4.07. The molecule has 0 aromatic carbocycles. The fraction of sp³-hybridized carbons (Fsp3) is 0.636. The van der Waals surface area contributed by atoms with Crippen LogP contribution in [0.15, 0.2) is 12.1 Å². The maximum absolute atomic E-state index is 6.05. The van der Waals surface area contributed by atoms with E-state index < -0.39 is 0 Å². The summed E-state index contributed by atoms with van der Waals surface area (Å²) < 4.78 is 0.871. The van der Waals surface area contributed by atoms with Crippen LogP contribution >= 0.6 is 34.5 Å². The third-order valence-electron chi connectivity index (χ3n) is 2.96. The van der Waals surface area contributed by atoms with Crippen LogP contribution in [-0.4, -0.2) is 5.88 Å². The molecule has 80 valence electrons. The molecule has 0 spiro atoms. The molecule has 1 aromatic rings. The van der Waals surface area contributed by atoms with Crippen LogP contribution in [0.4, 0.5) is 0 Å². The molecule has 0 bridgehead atoms. The Morgan fingerprint density at radius 3 is 2.29 bits per heavy atom. The molecule has 0 N–H and O–H groups in total. The van der Waals surface area contributed by atoms with E-state index in [1.807, 2.05) is 6.07 Å². The van der Waals surface area contributed by atoms with Gasteiger partial charge < -0.3 is 0 Å². The smallest absolute Gasteiger partial charge is 0.0931 e. The average Bonchev–Trinajstić information content (AvgIpc) is 2.61. The van der Waals surface area contributed by atoms with Crippen LogP contribution < -0.4 is 0 Å². The first-order valence-electron chi connectivity index (χ1n) is 4.96. The van der Waals surface area contributed by atoms with Crippen molar-refractivity contribution in [2.75, 3.05) is 5.88 Å². The topological polar surface area (TPSA) is 0 Å². The van der Waals surface area contributed by atoms with Crippen molar-refractivity contribution in [1.29, 1.82) is 0 Å². The SMILES string of the molecule is CCC(CC)(CCl)Cc1ccc(Cl)s1. The highest BCUT2D eigenvalue weighted by molar-refractivity contribution is 7.16. The van der Waals surface area contributed by atoms with E-state index >= 15 is 0 Å². The summed E-state index contributed by atoms with van der Waals surface area (Å²) in [5, 5.41) is 0. The molecule has 0 saturated carbocycles. The van der Waals surface area contributed by atoms with Crippen LogP contribution in [-0.2, 0) is 6.42 Å². The molecule has 0 amide bonds. The summed E-state index contributed by atoms with van der Waals surface area (Å²) in [6.07, 6.45) is 3.31. The second kappa shape index (κ2) is 5.39. The largest absolute Gasteiger partial charge is 0.128 e. The zero-order chi connectivity index (χ0) is 10.6. The Morgan fingerprint density at radius 1 is 1.29 bits per heavy atom. The Kier molecular flexibility index (Phi) is 4.75. The second-order valence-electron chi connectivity index (χ2n) is 3.72. The first-order valence-corrected chi connectivity index (χ1v) is 6.69. The van der Waals surface area contributed by atoms with Gasteiger partial charge in [0.05, 0.1) is 4.34 Å². The number of alkyl halides is 1. The minimum Gasteiger partial charge on any atom is -0.128 e. The van der Waals surface area contributed by atoms with Crippen molar-refractivity contribution < 1.29 is 0 Å². The minimum absolute atomic E-state index is 0.260. The molecule has 0 fully saturated rings. The third-order valence-corrected chi connectivity index (χ3v) is 4.76. The molecular formula is C11H16Cl2S. The van der Waals surface area contributed by atoms with Crippen LogP contribution in [0.5, 0.6) is 0 Å². The highest BCUT2D eigenvalue weighted by atomic mass is 35.5. The van der Waals surface area contributed by atoms with Gasteiger partial charge in [0.25, 0.3) is 0 Å². The van der Waals surface area contributed by atoms with E-state index in [2.05, 4.69) is 19.9 Å². The predicted octanol–water partition coefficient (Wildman–Crippen LogP) is 4.99. The Balaban J connectivity index is 2.73. The van der Waals surface area contributed by atoms with Gasteiger partial charge >= 0.3 is 0 Å². The average molecular weight is 251 g/mol. The van der Waals surface area contributed by atoms with Gasteiger partial charge in [0, 0.05) is 10.8 Å². The number of thiophene rings is 1. The van der Waals surface area contributed by atoms with Gasteiger partial charge in [-0.3, -0.25) is 0 Å². The maximum atomic E-state index is 6.05. The van der Waals surface area contributed by atoms with Gasteiger partial charge in [-0.15, -0.1) is 22.9 Å². The summed E-state index contributed by atoms with van der Waals surface area (Å²) in [7, 11) is 0. The monoisotopic (exact) mass is 250 g/mol. The number of rotatable bonds is 5. The van der Waals surface area contributed by atoms with Gasteiger partial charge in [0.1, 0.15) is 0 Å². The molecule has 3 heteroatoms. The highest BCUT2D eigenvalue weighted by Crippen LogP contribution is 2.35. The van der Waals surface area contributed by atoms with E-state index in [-0.39, 0.29) is 5.41 Å². The van der Waals surface area contributed by atoms with Gasteiger partial charge in [-0.1, -0.05) is 25.4 Å². The van der Waals surface area contributed by atoms with Crippen LogP contribution in [0.25, 0.3) is 0 Å². The van der Waals surface area contributed by atoms with E-state index in [1.54, 1.807) is 11.3 Å². The van der Waals surface area contributed by atoms with Gasteiger partial charge in [0.2, 0.25) is 0 Å². The van der Waals surface area contributed by atoms with Crippen LogP contribution in [0.3, 0.4) is 0 Å². The molecule has 1 rings (SSSR count). The van der Waals surface area contributed by atoms with E-state index in [1.165, 1.54) is 4.88 Å². The lowest BCUT2D eigenvalue weighted by molar-refractivity contribution is 0.304.